The second kappa shape index (κ2) is 8.58. The highest BCUT2D eigenvalue weighted by atomic mass is 16.5. The Hall–Kier alpha value is -2.70. The van der Waals surface area contributed by atoms with Crippen molar-refractivity contribution in [3.8, 4) is 11.3 Å². The van der Waals surface area contributed by atoms with Crippen LogP contribution in [-0.4, -0.2) is 48.4 Å². The average molecular weight is 404 g/mol. The highest BCUT2D eigenvalue weighted by molar-refractivity contribution is 5.92. The van der Waals surface area contributed by atoms with Gasteiger partial charge < -0.3 is 20.7 Å². The minimum atomic E-state index is 0.339. The first-order valence-corrected chi connectivity index (χ1v) is 11.0. The Labute approximate surface area is 177 Å². The highest BCUT2D eigenvalue weighted by Crippen LogP contribution is 2.30. The fraction of sp³-hybridized carbons (Fsp3) is 0.417. The lowest BCUT2D eigenvalue weighted by Crippen LogP contribution is -2.36. The molecule has 2 aliphatic rings. The third kappa shape index (κ3) is 4.11. The molecule has 0 atom stereocenters. The van der Waals surface area contributed by atoms with Crippen LogP contribution in [0.5, 0.6) is 0 Å². The number of nitrogens with zero attached hydrogens (tertiary/aromatic N) is 3. The molecule has 1 aliphatic carbocycles. The minimum Gasteiger partial charge on any atom is -0.378 e. The van der Waals surface area contributed by atoms with Crippen LogP contribution in [-0.2, 0) is 4.74 Å². The van der Waals surface area contributed by atoms with E-state index < -0.39 is 0 Å². The first kappa shape index (κ1) is 19.3. The number of benzene rings is 1. The van der Waals surface area contributed by atoms with Crippen LogP contribution in [0.4, 0.5) is 11.5 Å². The van der Waals surface area contributed by atoms with Gasteiger partial charge in [0.2, 0.25) is 0 Å². The van der Waals surface area contributed by atoms with Gasteiger partial charge in [0, 0.05) is 48.0 Å². The van der Waals surface area contributed by atoms with Gasteiger partial charge in [0.15, 0.2) is 0 Å². The quantitative estimate of drug-likeness (QED) is 0.690. The maximum atomic E-state index is 6.08. The number of rotatable bonds is 4. The summed E-state index contributed by atoms with van der Waals surface area (Å²) in [5.74, 6) is 0.924. The maximum absolute atomic E-state index is 6.08. The summed E-state index contributed by atoms with van der Waals surface area (Å²) in [5, 5.41) is 4.76. The van der Waals surface area contributed by atoms with Crippen LogP contribution in [0.1, 0.15) is 25.7 Å². The normalized spacial score (nSPS) is 22.2. The average Bonchev–Trinajstić information content (AvgIpc) is 2.81. The van der Waals surface area contributed by atoms with Gasteiger partial charge in [0.1, 0.15) is 5.82 Å². The van der Waals surface area contributed by atoms with Gasteiger partial charge in [-0.15, -0.1) is 0 Å². The van der Waals surface area contributed by atoms with Crippen LogP contribution in [0, 0.1) is 0 Å². The number of hydrogen-bond donors (Lipinski definition) is 2. The van der Waals surface area contributed by atoms with Gasteiger partial charge >= 0.3 is 0 Å². The fourth-order valence-electron chi connectivity index (χ4n) is 4.45. The van der Waals surface area contributed by atoms with Crippen LogP contribution in [0.25, 0.3) is 22.2 Å². The van der Waals surface area contributed by atoms with Crippen LogP contribution < -0.4 is 16.0 Å². The molecule has 0 radical (unpaired) electrons. The smallest absolute Gasteiger partial charge is 0.136 e. The van der Waals surface area contributed by atoms with E-state index in [0.29, 0.717) is 12.1 Å². The second-order valence-corrected chi connectivity index (χ2v) is 8.33. The van der Waals surface area contributed by atoms with E-state index in [1.165, 1.54) is 5.69 Å². The van der Waals surface area contributed by atoms with Crippen LogP contribution in [0.15, 0.2) is 48.7 Å². The van der Waals surface area contributed by atoms with Crippen molar-refractivity contribution in [2.45, 2.75) is 37.8 Å². The van der Waals surface area contributed by atoms with Gasteiger partial charge in [-0.25, -0.2) is 4.98 Å². The van der Waals surface area contributed by atoms with Crippen molar-refractivity contribution in [2.24, 2.45) is 5.73 Å². The molecule has 1 aliphatic heterocycles. The topological polar surface area (TPSA) is 76.3 Å². The molecular formula is C24H29N5O. The zero-order valence-corrected chi connectivity index (χ0v) is 17.3. The van der Waals surface area contributed by atoms with Crippen LogP contribution in [0.2, 0.25) is 0 Å². The van der Waals surface area contributed by atoms with Crippen molar-refractivity contribution in [3.63, 3.8) is 0 Å². The van der Waals surface area contributed by atoms with E-state index >= 15 is 0 Å². The van der Waals surface area contributed by atoms with Crippen molar-refractivity contribution < 1.29 is 4.74 Å². The number of hydrogen-bond acceptors (Lipinski definition) is 6. The number of nitrogens with two attached hydrogens (primary N) is 1. The molecule has 1 saturated heterocycles. The van der Waals surface area contributed by atoms with Crippen molar-refractivity contribution >= 4 is 22.4 Å². The molecule has 156 valence electrons. The van der Waals surface area contributed by atoms with E-state index in [1.54, 1.807) is 0 Å². The largest absolute Gasteiger partial charge is 0.378 e. The number of anilines is 2. The van der Waals surface area contributed by atoms with E-state index in [9.17, 15) is 0 Å². The Morgan fingerprint density at radius 3 is 2.53 bits per heavy atom. The van der Waals surface area contributed by atoms with Gasteiger partial charge in [-0.3, -0.25) is 4.98 Å². The first-order chi connectivity index (χ1) is 14.8. The summed E-state index contributed by atoms with van der Waals surface area (Å²) < 4.78 is 5.46. The summed E-state index contributed by atoms with van der Waals surface area (Å²) in [4.78, 5) is 12.0. The molecule has 0 bridgehead atoms. The van der Waals surface area contributed by atoms with E-state index in [1.807, 2.05) is 12.3 Å². The Bertz CT molecular complexity index is 992. The molecule has 6 nitrogen and oxygen atoms in total. The molecular weight excluding hydrogens is 374 g/mol. The van der Waals surface area contributed by atoms with Gasteiger partial charge in [-0.05, 0) is 56.0 Å². The summed E-state index contributed by atoms with van der Waals surface area (Å²) in [6, 6.07) is 15.6. The minimum absolute atomic E-state index is 0.339. The van der Waals surface area contributed by atoms with Gasteiger partial charge in [-0.1, -0.05) is 12.1 Å². The molecule has 1 aromatic carbocycles. The monoisotopic (exact) mass is 403 g/mol. The Balaban J connectivity index is 1.44. The third-order valence-corrected chi connectivity index (χ3v) is 6.25. The summed E-state index contributed by atoms with van der Waals surface area (Å²) in [5.41, 5.74) is 10.3. The number of morpholine rings is 1. The number of ether oxygens (including phenoxy) is 1. The maximum Gasteiger partial charge on any atom is 0.136 e. The third-order valence-electron chi connectivity index (χ3n) is 6.25. The van der Waals surface area contributed by atoms with Crippen molar-refractivity contribution in [2.75, 3.05) is 36.5 Å². The Morgan fingerprint density at radius 2 is 1.77 bits per heavy atom. The molecule has 2 fully saturated rings. The summed E-state index contributed by atoms with van der Waals surface area (Å²) in [6.07, 6.45) is 6.15. The lowest BCUT2D eigenvalue weighted by Gasteiger charge is -2.29. The van der Waals surface area contributed by atoms with E-state index in [4.69, 9.17) is 15.5 Å². The van der Waals surface area contributed by atoms with Crippen LogP contribution >= 0.6 is 0 Å². The molecule has 0 amide bonds. The summed E-state index contributed by atoms with van der Waals surface area (Å²) >= 11 is 0. The number of nitrogens with one attached hydrogen (secondary N) is 1. The van der Waals surface area contributed by atoms with Gasteiger partial charge in [0.05, 0.1) is 24.4 Å². The zero-order valence-electron chi connectivity index (χ0n) is 17.3. The number of aromatic nitrogens is 2. The molecule has 0 spiro atoms. The highest BCUT2D eigenvalue weighted by Gasteiger charge is 2.20. The SMILES string of the molecule is NC1CCC(Nc2nc(-c3ccc(N4CCOCC4)cc3)cc3ncccc23)CC1. The van der Waals surface area contributed by atoms with Crippen molar-refractivity contribution in [1.29, 1.82) is 0 Å². The predicted octanol–water partition coefficient (Wildman–Crippen LogP) is 3.82. The summed E-state index contributed by atoms with van der Waals surface area (Å²) in [6.45, 7) is 3.47. The molecule has 3 heterocycles. The molecule has 30 heavy (non-hydrogen) atoms. The second-order valence-electron chi connectivity index (χ2n) is 8.33. The zero-order chi connectivity index (χ0) is 20.3. The van der Waals surface area contributed by atoms with Crippen LogP contribution in [0.3, 0.4) is 0 Å². The molecule has 5 rings (SSSR count). The first-order valence-electron chi connectivity index (χ1n) is 11.0. The number of fused-ring (bicyclic) bond motifs is 1. The van der Waals surface area contributed by atoms with E-state index in [-0.39, 0.29) is 0 Å². The number of pyridine rings is 2. The fourth-order valence-corrected chi connectivity index (χ4v) is 4.45. The van der Waals surface area contributed by atoms with Gasteiger partial charge in [-0.2, -0.15) is 0 Å². The Kier molecular flexibility index (Phi) is 5.51. The van der Waals surface area contributed by atoms with Crippen molar-refractivity contribution in [3.05, 3.63) is 48.7 Å². The van der Waals surface area contributed by atoms with E-state index in [2.05, 4.69) is 51.6 Å². The molecule has 2 aromatic heterocycles. The molecule has 1 saturated carbocycles. The van der Waals surface area contributed by atoms with Gasteiger partial charge in [0.25, 0.3) is 0 Å². The lowest BCUT2D eigenvalue weighted by atomic mass is 9.92. The molecule has 3 N–H and O–H groups in total. The Morgan fingerprint density at radius 1 is 1.00 bits per heavy atom. The lowest BCUT2D eigenvalue weighted by molar-refractivity contribution is 0.122. The summed E-state index contributed by atoms with van der Waals surface area (Å²) in [7, 11) is 0. The van der Waals surface area contributed by atoms with Crippen molar-refractivity contribution in [1.82, 2.24) is 9.97 Å². The predicted molar refractivity (Wildman–Crippen MR) is 122 cm³/mol. The molecule has 3 aromatic rings. The molecule has 0 unspecified atom stereocenters. The van der Waals surface area contributed by atoms with E-state index in [0.717, 1.165) is 80.0 Å². The molecule has 6 heteroatoms. The standard InChI is InChI=1S/C24H29N5O/c25-18-5-7-19(8-6-18)27-24-21-2-1-11-26-23(21)16-22(28-24)17-3-9-20(10-4-17)29-12-14-30-15-13-29/h1-4,9-11,16,18-19H,5-8,12-15,25H2,(H,27,28).